The summed E-state index contributed by atoms with van der Waals surface area (Å²) < 4.78 is 17.4. The first-order valence-corrected chi connectivity index (χ1v) is 12.7. The number of para-hydroxylation sites is 1. The van der Waals surface area contributed by atoms with Gasteiger partial charge in [0, 0.05) is 10.2 Å². The molecule has 2 aromatic rings. The monoisotopic (exact) mass is 545 g/mol. The van der Waals surface area contributed by atoms with Crippen molar-refractivity contribution in [2.45, 2.75) is 46.1 Å². The lowest BCUT2D eigenvalue weighted by Crippen LogP contribution is -2.36. The minimum Gasteiger partial charge on any atom is -0.483 e. The van der Waals surface area contributed by atoms with Gasteiger partial charge in [0.1, 0.15) is 17.4 Å². The molecule has 0 bridgehead atoms. The highest BCUT2D eigenvalue weighted by Crippen LogP contribution is 2.35. The second-order valence-electron chi connectivity index (χ2n) is 9.27. The average Bonchev–Trinajstić information content (AvgIpc) is 2.82. The summed E-state index contributed by atoms with van der Waals surface area (Å²) in [5, 5.41) is 2.72. The standard InChI is InChI=1S/C27H32BrNO6/c1-17(2)21-13-8-18(3)14-24(21)35-26(31)16-34-27(32)22-6-4-5-7-23(22)33-15-25(30)29-20-11-9-19(28)10-12-20/h4-7,9-12,17-18,21,24H,8,13-16H2,1-3H3,(H,29,30)/t18-,21+,24+/m0/s1. The van der Waals surface area contributed by atoms with Crippen LogP contribution in [-0.2, 0) is 19.1 Å². The molecule has 1 saturated carbocycles. The van der Waals surface area contributed by atoms with Crippen LogP contribution in [-0.4, -0.2) is 37.2 Å². The Balaban J connectivity index is 1.52. The van der Waals surface area contributed by atoms with Gasteiger partial charge in [0.15, 0.2) is 13.2 Å². The number of hydrogen-bond acceptors (Lipinski definition) is 6. The molecule has 0 unspecified atom stereocenters. The van der Waals surface area contributed by atoms with Crippen LogP contribution in [0.15, 0.2) is 53.0 Å². The number of esters is 2. The third-order valence-corrected chi connectivity index (χ3v) is 6.69. The highest BCUT2D eigenvalue weighted by atomic mass is 79.9. The fourth-order valence-electron chi connectivity index (χ4n) is 4.29. The molecule has 0 aliphatic heterocycles. The van der Waals surface area contributed by atoms with Gasteiger partial charge in [0.2, 0.25) is 0 Å². The van der Waals surface area contributed by atoms with Crippen molar-refractivity contribution in [1.82, 2.24) is 0 Å². The topological polar surface area (TPSA) is 90.9 Å². The maximum atomic E-state index is 12.6. The van der Waals surface area contributed by atoms with Crippen LogP contribution < -0.4 is 10.1 Å². The molecule has 188 valence electrons. The van der Waals surface area contributed by atoms with Crippen molar-refractivity contribution in [3.63, 3.8) is 0 Å². The number of anilines is 1. The average molecular weight is 546 g/mol. The fourth-order valence-corrected chi connectivity index (χ4v) is 4.55. The van der Waals surface area contributed by atoms with Crippen LogP contribution in [0.5, 0.6) is 5.75 Å². The maximum Gasteiger partial charge on any atom is 0.344 e. The first kappa shape index (κ1) is 26.7. The lowest BCUT2D eigenvalue weighted by Gasteiger charge is -2.36. The Morgan fingerprint density at radius 1 is 1.03 bits per heavy atom. The van der Waals surface area contributed by atoms with Crippen molar-refractivity contribution < 1.29 is 28.6 Å². The van der Waals surface area contributed by atoms with E-state index in [0.717, 1.165) is 23.7 Å². The van der Waals surface area contributed by atoms with Crippen LogP contribution in [0.25, 0.3) is 0 Å². The van der Waals surface area contributed by atoms with Gasteiger partial charge in [0.05, 0.1) is 0 Å². The summed E-state index contributed by atoms with van der Waals surface area (Å²) in [5.41, 5.74) is 0.753. The molecule has 1 N–H and O–H groups in total. The third kappa shape index (κ3) is 8.09. The second-order valence-corrected chi connectivity index (χ2v) is 10.2. The van der Waals surface area contributed by atoms with Crippen molar-refractivity contribution in [1.29, 1.82) is 0 Å². The van der Waals surface area contributed by atoms with Crippen LogP contribution in [0.3, 0.4) is 0 Å². The predicted octanol–water partition coefficient (Wildman–Crippen LogP) is 5.63. The van der Waals surface area contributed by atoms with E-state index in [1.165, 1.54) is 6.07 Å². The number of rotatable bonds is 9. The van der Waals surface area contributed by atoms with Gasteiger partial charge in [-0.3, -0.25) is 4.79 Å². The molecule has 7 nitrogen and oxygen atoms in total. The molecule has 3 atom stereocenters. The lowest BCUT2D eigenvalue weighted by atomic mass is 9.75. The van der Waals surface area contributed by atoms with Crippen molar-refractivity contribution in [3.8, 4) is 5.75 Å². The molecule has 1 aliphatic rings. The Morgan fingerprint density at radius 2 is 1.74 bits per heavy atom. The number of ether oxygens (including phenoxy) is 3. The van der Waals surface area contributed by atoms with Gasteiger partial charge in [-0.1, -0.05) is 55.3 Å². The van der Waals surface area contributed by atoms with Crippen LogP contribution in [0.2, 0.25) is 0 Å². The zero-order valence-corrected chi connectivity index (χ0v) is 21.9. The maximum absolute atomic E-state index is 12.6. The first-order chi connectivity index (χ1) is 16.7. The van der Waals surface area contributed by atoms with Gasteiger partial charge in [-0.25, -0.2) is 9.59 Å². The van der Waals surface area contributed by atoms with Crippen LogP contribution in [0, 0.1) is 17.8 Å². The number of hydrogen-bond donors (Lipinski definition) is 1. The minimum atomic E-state index is -0.719. The molecule has 2 aromatic carbocycles. The Kier molecular flexibility index (Phi) is 9.72. The number of nitrogens with one attached hydrogen (secondary N) is 1. The molecular weight excluding hydrogens is 514 g/mol. The van der Waals surface area contributed by atoms with Crippen LogP contribution >= 0.6 is 15.9 Å². The van der Waals surface area contributed by atoms with E-state index in [-0.39, 0.29) is 29.9 Å². The molecule has 35 heavy (non-hydrogen) atoms. The van der Waals surface area contributed by atoms with Crippen molar-refractivity contribution in [2.75, 3.05) is 18.5 Å². The zero-order valence-electron chi connectivity index (χ0n) is 20.3. The van der Waals surface area contributed by atoms with E-state index >= 15 is 0 Å². The van der Waals surface area contributed by atoms with Crippen molar-refractivity contribution in [3.05, 3.63) is 58.6 Å². The van der Waals surface area contributed by atoms with E-state index in [2.05, 4.69) is 42.0 Å². The highest BCUT2D eigenvalue weighted by molar-refractivity contribution is 9.10. The third-order valence-electron chi connectivity index (χ3n) is 6.16. The number of amides is 1. The molecule has 3 rings (SSSR count). The Labute approximate surface area is 214 Å². The summed E-state index contributed by atoms with van der Waals surface area (Å²) >= 11 is 3.34. The molecule has 0 aromatic heterocycles. The summed E-state index contributed by atoms with van der Waals surface area (Å²) in [4.78, 5) is 37.3. The van der Waals surface area contributed by atoms with Crippen LogP contribution in [0.4, 0.5) is 5.69 Å². The van der Waals surface area contributed by atoms with E-state index in [0.29, 0.717) is 23.4 Å². The van der Waals surface area contributed by atoms with E-state index in [4.69, 9.17) is 14.2 Å². The summed E-state index contributed by atoms with van der Waals surface area (Å²) in [7, 11) is 0. The Hall–Kier alpha value is -2.87. The number of halogens is 1. The highest BCUT2D eigenvalue weighted by Gasteiger charge is 2.33. The molecule has 0 heterocycles. The molecule has 0 radical (unpaired) electrons. The van der Waals surface area contributed by atoms with Crippen molar-refractivity contribution in [2.24, 2.45) is 17.8 Å². The Morgan fingerprint density at radius 3 is 2.46 bits per heavy atom. The zero-order chi connectivity index (χ0) is 25.4. The summed E-state index contributed by atoms with van der Waals surface area (Å²) in [5.74, 6) is -0.247. The SMILES string of the molecule is CC(C)[C@H]1CC[C@H](C)C[C@H]1OC(=O)COC(=O)c1ccccc1OCC(=O)Nc1ccc(Br)cc1. The summed E-state index contributed by atoms with van der Waals surface area (Å²) in [6.45, 7) is 5.66. The van der Waals surface area contributed by atoms with E-state index in [1.54, 1.807) is 30.3 Å². The second kappa shape index (κ2) is 12.7. The van der Waals surface area contributed by atoms with Gasteiger partial charge in [-0.05, 0) is 67.0 Å². The fraction of sp³-hybridized carbons (Fsp3) is 0.444. The molecule has 0 saturated heterocycles. The summed E-state index contributed by atoms with van der Waals surface area (Å²) in [6, 6.07) is 13.6. The van der Waals surface area contributed by atoms with Gasteiger partial charge in [-0.15, -0.1) is 0 Å². The van der Waals surface area contributed by atoms with Crippen molar-refractivity contribution >= 4 is 39.5 Å². The predicted molar refractivity (Wildman–Crippen MR) is 136 cm³/mol. The van der Waals surface area contributed by atoms with E-state index in [1.807, 2.05) is 12.1 Å². The van der Waals surface area contributed by atoms with Crippen LogP contribution in [0.1, 0.15) is 50.4 Å². The number of carbonyl (C=O) groups is 3. The Bertz CT molecular complexity index is 1020. The van der Waals surface area contributed by atoms with E-state index < -0.39 is 18.5 Å². The first-order valence-electron chi connectivity index (χ1n) is 11.9. The molecule has 1 amide bonds. The normalized spacial score (nSPS) is 19.6. The molecule has 8 heteroatoms. The molecular formula is C27H32BrNO6. The number of carbonyl (C=O) groups excluding carboxylic acids is 3. The van der Waals surface area contributed by atoms with Gasteiger partial charge in [0.25, 0.3) is 5.91 Å². The van der Waals surface area contributed by atoms with Gasteiger partial charge < -0.3 is 19.5 Å². The van der Waals surface area contributed by atoms with Gasteiger partial charge in [-0.2, -0.15) is 0 Å². The minimum absolute atomic E-state index is 0.128. The molecule has 0 spiro atoms. The smallest absolute Gasteiger partial charge is 0.344 e. The lowest BCUT2D eigenvalue weighted by molar-refractivity contribution is -0.159. The quantitative estimate of drug-likeness (QED) is 0.410. The molecule has 1 aliphatic carbocycles. The van der Waals surface area contributed by atoms with Gasteiger partial charge >= 0.3 is 11.9 Å². The van der Waals surface area contributed by atoms with E-state index in [9.17, 15) is 14.4 Å². The largest absolute Gasteiger partial charge is 0.483 e. The molecule has 1 fully saturated rings. The summed E-state index contributed by atoms with van der Waals surface area (Å²) in [6.07, 6.45) is 2.81. The number of benzene rings is 2.